The maximum Gasteiger partial charge on any atom is 0.321 e. The molecule has 0 aliphatic carbocycles. The van der Waals surface area contributed by atoms with Crippen LogP contribution in [0.15, 0.2) is 18.2 Å². The van der Waals surface area contributed by atoms with Crippen molar-refractivity contribution in [1.82, 2.24) is 4.90 Å². The van der Waals surface area contributed by atoms with E-state index in [-0.39, 0.29) is 11.9 Å². The minimum absolute atomic E-state index is 0.0339. The molecule has 0 radical (unpaired) electrons. The van der Waals surface area contributed by atoms with Gasteiger partial charge in [-0.3, -0.25) is 4.79 Å². The lowest BCUT2D eigenvalue weighted by atomic mass is 10.0. The zero-order valence-electron chi connectivity index (χ0n) is 15.1. The lowest BCUT2D eigenvalue weighted by Gasteiger charge is -2.32. The monoisotopic (exact) mass is 361 g/mol. The van der Waals surface area contributed by atoms with E-state index in [1.165, 1.54) is 6.42 Å². The van der Waals surface area contributed by atoms with Gasteiger partial charge in [-0.25, -0.2) is 4.79 Å². The van der Waals surface area contributed by atoms with Gasteiger partial charge in [-0.15, -0.1) is 0 Å². The van der Waals surface area contributed by atoms with E-state index in [4.69, 9.17) is 0 Å². The van der Waals surface area contributed by atoms with Crippen molar-refractivity contribution in [2.75, 3.05) is 41.9 Å². The van der Waals surface area contributed by atoms with Gasteiger partial charge in [-0.2, -0.15) is 11.8 Å². The van der Waals surface area contributed by atoms with E-state index < -0.39 is 0 Å². The number of thioether (sulfide) groups is 1. The van der Waals surface area contributed by atoms with Crippen molar-refractivity contribution >= 4 is 35.1 Å². The quantitative estimate of drug-likeness (QED) is 0.889. The third-order valence-corrected chi connectivity index (χ3v) is 5.84. The van der Waals surface area contributed by atoms with Gasteiger partial charge in [0, 0.05) is 37.4 Å². The second kappa shape index (κ2) is 8.13. The van der Waals surface area contributed by atoms with E-state index in [9.17, 15) is 9.59 Å². The number of nitrogens with zero attached hydrogens (tertiary/aromatic N) is 2. The standard InChI is InChI=1S/C19H27N3O2S/c1-14-7-8-16(11-17(14)22-10-4-6-18(22)23)20-19(24)21-9-3-5-15(12-21)13-25-2/h7-8,11,15H,3-6,9-10,12-13H2,1-2H3,(H,20,24)/t15-/m0/s1. The average Bonchev–Trinajstić information content (AvgIpc) is 3.03. The van der Waals surface area contributed by atoms with Gasteiger partial charge in [0.15, 0.2) is 0 Å². The molecule has 6 heteroatoms. The topological polar surface area (TPSA) is 52.7 Å². The Kier molecular flexibility index (Phi) is 5.89. The highest BCUT2D eigenvalue weighted by atomic mass is 32.2. The van der Waals surface area contributed by atoms with Crippen LogP contribution in [0.25, 0.3) is 0 Å². The van der Waals surface area contributed by atoms with Crippen molar-refractivity contribution < 1.29 is 9.59 Å². The van der Waals surface area contributed by atoms with Gasteiger partial charge >= 0.3 is 6.03 Å². The number of piperidine rings is 1. The van der Waals surface area contributed by atoms with Crippen molar-refractivity contribution in [3.8, 4) is 0 Å². The zero-order chi connectivity index (χ0) is 17.8. The molecule has 2 aliphatic rings. The number of anilines is 2. The summed E-state index contributed by atoms with van der Waals surface area (Å²) in [6, 6.07) is 5.79. The van der Waals surface area contributed by atoms with Crippen molar-refractivity contribution in [3.05, 3.63) is 23.8 Å². The molecule has 0 spiro atoms. The molecule has 0 unspecified atom stereocenters. The summed E-state index contributed by atoms with van der Waals surface area (Å²) in [5.41, 5.74) is 2.74. The Hall–Kier alpha value is -1.69. The average molecular weight is 362 g/mol. The molecule has 5 nitrogen and oxygen atoms in total. The lowest BCUT2D eigenvalue weighted by Crippen LogP contribution is -2.42. The van der Waals surface area contributed by atoms with Crippen molar-refractivity contribution in [2.24, 2.45) is 5.92 Å². The van der Waals surface area contributed by atoms with Gasteiger partial charge < -0.3 is 15.1 Å². The second-order valence-corrected chi connectivity index (χ2v) is 7.90. The van der Waals surface area contributed by atoms with Crippen LogP contribution in [0.2, 0.25) is 0 Å². The Balaban J connectivity index is 1.68. The van der Waals surface area contributed by atoms with Crippen LogP contribution in [-0.4, -0.2) is 48.5 Å². The highest BCUT2D eigenvalue weighted by Crippen LogP contribution is 2.28. The predicted octanol–water partition coefficient (Wildman–Crippen LogP) is 3.73. The molecule has 25 heavy (non-hydrogen) atoms. The molecular weight excluding hydrogens is 334 g/mol. The SMILES string of the molecule is CSC[C@H]1CCCN(C(=O)Nc2ccc(C)c(N3CCCC3=O)c2)C1. The minimum atomic E-state index is -0.0339. The highest BCUT2D eigenvalue weighted by molar-refractivity contribution is 7.98. The summed E-state index contributed by atoms with van der Waals surface area (Å²) in [6.45, 7) is 4.42. The van der Waals surface area contributed by atoms with Crippen LogP contribution in [0.3, 0.4) is 0 Å². The first-order chi connectivity index (χ1) is 12.1. The minimum Gasteiger partial charge on any atom is -0.324 e. The smallest absolute Gasteiger partial charge is 0.321 e. The fourth-order valence-corrected chi connectivity index (χ4v) is 4.45. The molecule has 1 N–H and O–H groups in total. The second-order valence-electron chi connectivity index (χ2n) is 6.99. The Morgan fingerprint density at radius 3 is 2.88 bits per heavy atom. The van der Waals surface area contributed by atoms with Gasteiger partial charge in [-0.05, 0) is 61.8 Å². The summed E-state index contributed by atoms with van der Waals surface area (Å²) in [6.07, 6.45) is 5.91. The first-order valence-electron chi connectivity index (χ1n) is 9.04. The number of hydrogen-bond acceptors (Lipinski definition) is 3. The fraction of sp³-hybridized carbons (Fsp3) is 0.579. The Bertz CT molecular complexity index is 648. The summed E-state index contributed by atoms with van der Waals surface area (Å²) < 4.78 is 0. The Morgan fingerprint density at radius 2 is 2.16 bits per heavy atom. The van der Waals surface area contributed by atoms with Crippen LogP contribution in [0.4, 0.5) is 16.2 Å². The maximum atomic E-state index is 12.6. The fourth-order valence-electron chi connectivity index (χ4n) is 3.70. The molecule has 0 aromatic heterocycles. The van der Waals surface area contributed by atoms with Crippen molar-refractivity contribution in [3.63, 3.8) is 0 Å². The number of hydrogen-bond donors (Lipinski definition) is 1. The molecular formula is C19H27N3O2S. The van der Waals surface area contributed by atoms with E-state index in [0.717, 1.165) is 55.2 Å². The van der Waals surface area contributed by atoms with Gasteiger partial charge in [0.2, 0.25) is 5.91 Å². The summed E-state index contributed by atoms with van der Waals surface area (Å²) in [4.78, 5) is 28.4. The molecule has 2 heterocycles. The molecule has 0 bridgehead atoms. The molecule has 3 amide bonds. The third-order valence-electron chi connectivity index (χ3n) is 5.03. The number of likely N-dealkylation sites (tertiary alicyclic amines) is 1. The van der Waals surface area contributed by atoms with E-state index >= 15 is 0 Å². The predicted molar refractivity (Wildman–Crippen MR) is 104 cm³/mol. The largest absolute Gasteiger partial charge is 0.324 e. The first kappa shape index (κ1) is 18.1. The number of rotatable bonds is 4. The summed E-state index contributed by atoms with van der Waals surface area (Å²) in [5.74, 6) is 1.86. The third kappa shape index (κ3) is 4.29. The molecule has 1 aromatic carbocycles. The molecule has 2 saturated heterocycles. The maximum absolute atomic E-state index is 12.6. The molecule has 2 aliphatic heterocycles. The van der Waals surface area contributed by atoms with Crippen molar-refractivity contribution in [1.29, 1.82) is 0 Å². The van der Waals surface area contributed by atoms with E-state index in [2.05, 4.69) is 11.6 Å². The molecule has 0 saturated carbocycles. The number of carbonyl (C=O) groups excluding carboxylic acids is 2. The van der Waals surface area contributed by atoms with Crippen molar-refractivity contribution in [2.45, 2.75) is 32.6 Å². The van der Waals surface area contributed by atoms with Crippen LogP contribution in [-0.2, 0) is 4.79 Å². The molecule has 2 fully saturated rings. The number of aryl methyl sites for hydroxylation is 1. The van der Waals surface area contributed by atoms with Gasteiger partial charge in [0.25, 0.3) is 0 Å². The molecule has 1 atom stereocenters. The van der Waals surface area contributed by atoms with Crippen LogP contribution < -0.4 is 10.2 Å². The first-order valence-corrected chi connectivity index (χ1v) is 10.4. The highest BCUT2D eigenvalue weighted by Gasteiger charge is 2.25. The number of benzene rings is 1. The normalized spacial score (nSPS) is 20.9. The molecule has 136 valence electrons. The zero-order valence-corrected chi connectivity index (χ0v) is 15.9. The summed E-state index contributed by atoms with van der Waals surface area (Å²) in [5, 5.41) is 3.02. The van der Waals surface area contributed by atoms with Gasteiger partial charge in [0.05, 0.1) is 0 Å². The van der Waals surface area contributed by atoms with E-state index in [1.54, 1.807) is 0 Å². The van der Waals surface area contributed by atoms with Gasteiger partial charge in [0.1, 0.15) is 0 Å². The number of carbonyl (C=O) groups is 2. The molecule has 3 rings (SSSR count). The van der Waals surface area contributed by atoms with E-state index in [1.807, 2.05) is 46.7 Å². The summed E-state index contributed by atoms with van der Waals surface area (Å²) >= 11 is 1.85. The lowest BCUT2D eigenvalue weighted by molar-refractivity contribution is -0.117. The number of nitrogens with one attached hydrogen (secondary N) is 1. The van der Waals surface area contributed by atoms with Crippen LogP contribution in [0.5, 0.6) is 0 Å². The van der Waals surface area contributed by atoms with Crippen LogP contribution in [0, 0.1) is 12.8 Å². The Labute approximate surface area is 154 Å². The molecule has 1 aromatic rings. The van der Waals surface area contributed by atoms with Crippen LogP contribution >= 0.6 is 11.8 Å². The number of amides is 3. The van der Waals surface area contributed by atoms with Gasteiger partial charge in [-0.1, -0.05) is 6.07 Å². The Morgan fingerprint density at radius 1 is 1.32 bits per heavy atom. The number of urea groups is 1. The summed E-state index contributed by atoms with van der Waals surface area (Å²) in [7, 11) is 0. The van der Waals surface area contributed by atoms with E-state index in [0.29, 0.717) is 12.3 Å². The van der Waals surface area contributed by atoms with Crippen LogP contribution in [0.1, 0.15) is 31.2 Å².